The molecule has 0 aliphatic carbocycles. The summed E-state index contributed by atoms with van der Waals surface area (Å²) in [5.41, 5.74) is 5.39. The lowest BCUT2D eigenvalue weighted by Crippen LogP contribution is -2.00. The molecule has 10 nitrogen and oxygen atoms in total. The van der Waals surface area contributed by atoms with E-state index in [9.17, 15) is 35.8 Å². The van der Waals surface area contributed by atoms with Gasteiger partial charge in [-0.1, -0.05) is 72.8 Å². The predicted molar refractivity (Wildman–Crippen MR) is 155 cm³/mol. The number of fused-ring (bicyclic) bond motifs is 1. The molecule has 5 aromatic rings. The number of rotatable bonds is 6. The van der Waals surface area contributed by atoms with E-state index in [2.05, 4.69) is 9.98 Å². The molecule has 6 rings (SSSR count). The van der Waals surface area contributed by atoms with E-state index >= 15 is 0 Å². The van der Waals surface area contributed by atoms with Crippen molar-refractivity contribution >= 4 is 31.9 Å². The summed E-state index contributed by atoms with van der Waals surface area (Å²) >= 11 is 0. The third kappa shape index (κ3) is 4.92. The molecule has 0 atom stereocenters. The quantitative estimate of drug-likeness (QED) is 0.192. The van der Waals surface area contributed by atoms with Gasteiger partial charge in [0.1, 0.15) is 0 Å². The third-order valence-corrected chi connectivity index (χ3v) is 8.68. The zero-order chi connectivity index (χ0) is 29.8. The fourth-order valence-corrected chi connectivity index (χ4v) is 5.82. The lowest BCUT2D eigenvalue weighted by Gasteiger charge is -2.06. The number of carbonyl (C=O) groups excluding carboxylic acids is 1. The van der Waals surface area contributed by atoms with Gasteiger partial charge in [0.15, 0.2) is 5.88 Å². The van der Waals surface area contributed by atoms with Crippen LogP contribution in [0, 0.1) is 0 Å². The number of amides is 1. The van der Waals surface area contributed by atoms with Gasteiger partial charge in [0.25, 0.3) is 26.1 Å². The van der Waals surface area contributed by atoms with E-state index in [1.165, 1.54) is 24.3 Å². The van der Waals surface area contributed by atoms with Gasteiger partial charge in [-0.05, 0) is 52.1 Å². The Bertz CT molecular complexity index is 2110. The van der Waals surface area contributed by atoms with Crippen LogP contribution >= 0.6 is 0 Å². The fourth-order valence-electron chi connectivity index (χ4n) is 4.86. The van der Waals surface area contributed by atoms with Gasteiger partial charge in [0, 0.05) is 5.56 Å². The van der Waals surface area contributed by atoms with Crippen molar-refractivity contribution in [3.8, 4) is 39.4 Å². The number of aromatic amines is 1. The van der Waals surface area contributed by atoms with E-state index in [-0.39, 0.29) is 26.8 Å². The largest absolute Gasteiger partial charge is 0.494 e. The van der Waals surface area contributed by atoms with E-state index in [1.54, 1.807) is 72.8 Å². The molecule has 4 N–H and O–H groups in total. The topological polar surface area (TPSA) is 174 Å². The maximum atomic E-state index is 13.0. The van der Waals surface area contributed by atoms with Crippen LogP contribution < -0.4 is 0 Å². The number of hydrogen-bond acceptors (Lipinski definition) is 6. The number of aromatic hydroxyl groups is 1. The second kappa shape index (κ2) is 9.89. The van der Waals surface area contributed by atoms with Crippen LogP contribution in [0.15, 0.2) is 112 Å². The smallest absolute Gasteiger partial charge is 0.294 e. The average Bonchev–Trinajstić information content (AvgIpc) is 3.50. The Hall–Kier alpha value is -4.88. The Kier molecular flexibility index (Phi) is 6.43. The predicted octanol–water partition coefficient (Wildman–Crippen LogP) is 5.21. The van der Waals surface area contributed by atoms with E-state index < -0.39 is 26.1 Å². The Morgan fingerprint density at radius 3 is 1.29 bits per heavy atom. The molecule has 1 amide bonds. The summed E-state index contributed by atoms with van der Waals surface area (Å²) in [6.07, 6.45) is 0. The molecule has 0 radical (unpaired) electrons. The molecular formula is C30H20N2O8S2. The summed E-state index contributed by atoms with van der Waals surface area (Å²) in [6, 6.07) is 25.6. The van der Waals surface area contributed by atoms with Gasteiger partial charge in [-0.25, -0.2) is 4.99 Å². The Labute approximate surface area is 240 Å². The average molecular weight is 601 g/mol. The van der Waals surface area contributed by atoms with Crippen LogP contribution in [0.2, 0.25) is 0 Å². The summed E-state index contributed by atoms with van der Waals surface area (Å²) in [7, 11) is -8.59. The Morgan fingerprint density at radius 1 is 0.524 bits per heavy atom. The van der Waals surface area contributed by atoms with Crippen molar-refractivity contribution in [1.82, 2.24) is 4.98 Å². The van der Waals surface area contributed by atoms with Crippen LogP contribution in [0.4, 0.5) is 0 Å². The highest BCUT2D eigenvalue weighted by molar-refractivity contribution is 7.86. The molecule has 0 saturated carbocycles. The van der Waals surface area contributed by atoms with Crippen LogP contribution in [-0.4, -0.2) is 47.7 Å². The summed E-state index contributed by atoms with van der Waals surface area (Å²) in [6.45, 7) is 0. The third-order valence-electron chi connectivity index (χ3n) is 6.95. The van der Waals surface area contributed by atoms with Gasteiger partial charge >= 0.3 is 0 Å². The van der Waals surface area contributed by atoms with Gasteiger partial charge in [-0.3, -0.25) is 13.9 Å². The van der Waals surface area contributed by atoms with Crippen molar-refractivity contribution in [2.75, 3.05) is 0 Å². The lowest BCUT2D eigenvalue weighted by atomic mass is 9.97. The maximum Gasteiger partial charge on any atom is 0.294 e. The number of nitrogens with one attached hydrogen (secondary N) is 1. The molecule has 1 aliphatic rings. The highest BCUT2D eigenvalue weighted by atomic mass is 32.2. The summed E-state index contributed by atoms with van der Waals surface area (Å²) in [4.78, 5) is 19.7. The molecule has 0 unspecified atom stereocenters. The zero-order valence-electron chi connectivity index (χ0n) is 21.4. The van der Waals surface area contributed by atoms with Crippen LogP contribution in [0.3, 0.4) is 0 Å². The zero-order valence-corrected chi connectivity index (χ0v) is 23.0. The van der Waals surface area contributed by atoms with E-state index in [4.69, 9.17) is 0 Å². The first-order chi connectivity index (χ1) is 19.9. The van der Waals surface area contributed by atoms with Crippen molar-refractivity contribution < 1.29 is 35.8 Å². The number of carbonyl (C=O) groups is 1. The van der Waals surface area contributed by atoms with Crippen molar-refractivity contribution in [2.45, 2.75) is 9.79 Å². The van der Waals surface area contributed by atoms with E-state index in [1.807, 2.05) is 0 Å². The Morgan fingerprint density at radius 2 is 0.881 bits per heavy atom. The summed E-state index contributed by atoms with van der Waals surface area (Å²) in [5.74, 6) is -0.722. The van der Waals surface area contributed by atoms with Crippen LogP contribution in [0.25, 0.3) is 33.5 Å². The summed E-state index contributed by atoms with van der Waals surface area (Å²) in [5, 5.41) is 10.8. The molecule has 1 aromatic heterocycles. The Balaban J connectivity index is 1.27. The normalized spacial score (nSPS) is 13.2. The highest BCUT2D eigenvalue weighted by Crippen LogP contribution is 2.39. The number of aromatic nitrogens is 1. The monoisotopic (exact) mass is 600 g/mol. The molecule has 0 fully saturated rings. The molecule has 0 bridgehead atoms. The molecular weight excluding hydrogens is 580 g/mol. The molecule has 1 aliphatic heterocycles. The van der Waals surface area contributed by atoms with E-state index in [0.717, 1.165) is 11.1 Å². The van der Waals surface area contributed by atoms with Gasteiger partial charge in [-0.15, -0.1) is 0 Å². The standard InChI is InChI=1S/C30H20N2O8S2/c33-29-25-26(28(32-29)22-7-3-18(4-8-22)20-11-15-24(16-12-20)42(38,39)40)30(34)31-27(25)21-5-1-17(2-6-21)19-9-13-23(14-10-19)41(35,36)37/h1-16,31,34H,(H,35,36,37)(H,38,39,40). The van der Waals surface area contributed by atoms with Gasteiger partial charge in [0.2, 0.25) is 0 Å². The molecule has 2 heterocycles. The molecule has 42 heavy (non-hydrogen) atoms. The first kappa shape index (κ1) is 27.3. The molecule has 12 heteroatoms. The number of nitrogens with zero attached hydrogens (tertiary/aromatic N) is 1. The second-order valence-electron chi connectivity index (χ2n) is 9.52. The van der Waals surface area contributed by atoms with Crippen molar-refractivity contribution in [3.05, 3.63) is 114 Å². The fraction of sp³-hybridized carbons (Fsp3) is 0. The number of benzene rings is 4. The SMILES string of the molecule is O=C1N=C(c2ccc(-c3ccc(S(=O)(=O)O)cc3)cc2)c2c(O)[nH]c(-c3ccc(-c4ccc(S(=O)(=O)O)cc4)cc3)c21. The van der Waals surface area contributed by atoms with Crippen LogP contribution in [0.1, 0.15) is 21.5 Å². The van der Waals surface area contributed by atoms with Crippen molar-refractivity contribution in [3.63, 3.8) is 0 Å². The number of aliphatic imine (C=N–C) groups is 1. The van der Waals surface area contributed by atoms with Gasteiger partial charge < -0.3 is 10.1 Å². The lowest BCUT2D eigenvalue weighted by molar-refractivity contribution is 0.101. The van der Waals surface area contributed by atoms with E-state index in [0.29, 0.717) is 33.7 Å². The minimum atomic E-state index is -4.30. The van der Waals surface area contributed by atoms with Crippen LogP contribution in [-0.2, 0) is 20.2 Å². The molecule has 0 spiro atoms. The van der Waals surface area contributed by atoms with Crippen LogP contribution in [0.5, 0.6) is 5.88 Å². The molecule has 0 saturated heterocycles. The number of H-pyrrole nitrogens is 1. The maximum absolute atomic E-state index is 13.0. The van der Waals surface area contributed by atoms with Gasteiger partial charge in [0.05, 0.1) is 32.3 Å². The summed E-state index contributed by atoms with van der Waals surface area (Å²) < 4.78 is 63.6. The minimum absolute atomic E-state index is 0.209. The first-order valence-electron chi connectivity index (χ1n) is 12.4. The highest BCUT2D eigenvalue weighted by Gasteiger charge is 2.33. The van der Waals surface area contributed by atoms with Gasteiger partial charge in [-0.2, -0.15) is 16.8 Å². The first-order valence-corrected chi connectivity index (χ1v) is 15.2. The minimum Gasteiger partial charge on any atom is -0.494 e. The van der Waals surface area contributed by atoms with Crippen molar-refractivity contribution in [2.24, 2.45) is 4.99 Å². The van der Waals surface area contributed by atoms with Crippen molar-refractivity contribution in [1.29, 1.82) is 0 Å². The molecule has 210 valence electrons. The molecule has 4 aromatic carbocycles. The second-order valence-corrected chi connectivity index (χ2v) is 12.4. The number of hydrogen-bond donors (Lipinski definition) is 4.